The minimum Gasteiger partial charge on any atom is -0.322 e. The number of aromatic nitrogens is 1. The molecule has 1 aromatic heterocycles. The van der Waals surface area contributed by atoms with E-state index in [1.165, 1.54) is 24.5 Å². The first kappa shape index (κ1) is 14.2. The number of carbonyl (C=O) groups is 1. The topological polar surface area (TPSA) is 102 Å². The molecule has 0 aliphatic heterocycles. The summed E-state index contributed by atoms with van der Waals surface area (Å²) in [5, 5.41) is 7.77. The smallest absolute Gasteiger partial charge is 0.255 e. The Morgan fingerprint density at radius 2 is 1.85 bits per heavy atom. The summed E-state index contributed by atoms with van der Waals surface area (Å²) in [5.41, 5.74) is 1.23. The second-order valence-corrected chi connectivity index (χ2v) is 5.69. The zero-order chi connectivity index (χ0) is 14.8. The van der Waals surface area contributed by atoms with Gasteiger partial charge < -0.3 is 5.32 Å². The standard InChI is InChI=1S/C13H13N3O3S/c1-9-11(3-2-4-12(9)20(14,18)19)16-13(17)10-5-7-15-8-6-10/h2-8H,1H3,(H,16,17)(H2,14,18,19). The van der Waals surface area contributed by atoms with E-state index in [1.807, 2.05) is 0 Å². The molecule has 7 heteroatoms. The van der Waals surface area contributed by atoms with E-state index in [9.17, 15) is 13.2 Å². The van der Waals surface area contributed by atoms with Crippen LogP contribution in [-0.2, 0) is 10.0 Å². The fourth-order valence-electron chi connectivity index (χ4n) is 1.76. The molecular weight excluding hydrogens is 278 g/mol. The monoisotopic (exact) mass is 291 g/mol. The maximum Gasteiger partial charge on any atom is 0.255 e. The van der Waals surface area contributed by atoms with Gasteiger partial charge in [0, 0.05) is 23.6 Å². The van der Waals surface area contributed by atoms with Gasteiger partial charge in [-0.1, -0.05) is 6.07 Å². The quantitative estimate of drug-likeness (QED) is 0.889. The summed E-state index contributed by atoms with van der Waals surface area (Å²) < 4.78 is 22.8. The third-order valence-electron chi connectivity index (χ3n) is 2.78. The highest BCUT2D eigenvalue weighted by atomic mass is 32.2. The molecule has 0 bridgehead atoms. The van der Waals surface area contributed by atoms with E-state index >= 15 is 0 Å². The summed E-state index contributed by atoms with van der Waals surface area (Å²) in [6.07, 6.45) is 3.01. The molecule has 0 unspecified atom stereocenters. The molecule has 104 valence electrons. The fraction of sp³-hybridized carbons (Fsp3) is 0.0769. The van der Waals surface area contributed by atoms with Crippen molar-refractivity contribution in [2.24, 2.45) is 5.14 Å². The molecule has 3 N–H and O–H groups in total. The van der Waals surface area contributed by atoms with Gasteiger partial charge in [-0.3, -0.25) is 9.78 Å². The van der Waals surface area contributed by atoms with Gasteiger partial charge >= 0.3 is 0 Å². The third kappa shape index (κ3) is 3.01. The van der Waals surface area contributed by atoms with Crippen LogP contribution in [0, 0.1) is 6.92 Å². The number of anilines is 1. The van der Waals surface area contributed by atoms with Crippen LogP contribution in [-0.4, -0.2) is 19.3 Å². The number of primary sulfonamides is 1. The lowest BCUT2D eigenvalue weighted by Gasteiger charge is -2.11. The number of rotatable bonds is 3. The van der Waals surface area contributed by atoms with E-state index in [4.69, 9.17) is 5.14 Å². The number of nitrogens with one attached hydrogen (secondary N) is 1. The maximum absolute atomic E-state index is 12.0. The Morgan fingerprint density at radius 1 is 1.20 bits per heavy atom. The van der Waals surface area contributed by atoms with Crippen molar-refractivity contribution in [3.05, 3.63) is 53.9 Å². The van der Waals surface area contributed by atoms with E-state index in [0.717, 1.165) is 0 Å². The lowest BCUT2D eigenvalue weighted by atomic mass is 10.2. The van der Waals surface area contributed by atoms with E-state index in [-0.39, 0.29) is 10.8 Å². The number of sulfonamides is 1. The van der Waals surface area contributed by atoms with Gasteiger partial charge in [-0.05, 0) is 36.8 Å². The number of benzene rings is 1. The number of pyridine rings is 1. The number of nitrogens with two attached hydrogens (primary N) is 1. The van der Waals surface area contributed by atoms with Gasteiger partial charge in [0.1, 0.15) is 0 Å². The van der Waals surface area contributed by atoms with Gasteiger partial charge in [-0.25, -0.2) is 13.6 Å². The molecule has 0 spiro atoms. The number of hydrogen-bond donors (Lipinski definition) is 2. The van der Waals surface area contributed by atoms with Gasteiger partial charge in [0.05, 0.1) is 4.90 Å². The molecule has 0 aliphatic rings. The minimum atomic E-state index is -3.82. The number of amides is 1. The third-order valence-corrected chi connectivity index (χ3v) is 3.84. The summed E-state index contributed by atoms with van der Waals surface area (Å²) in [6, 6.07) is 7.66. The summed E-state index contributed by atoms with van der Waals surface area (Å²) in [4.78, 5) is 15.8. The van der Waals surface area contributed by atoms with E-state index in [0.29, 0.717) is 16.8 Å². The van der Waals surface area contributed by atoms with Crippen LogP contribution in [0.3, 0.4) is 0 Å². The Balaban J connectivity index is 2.34. The van der Waals surface area contributed by atoms with Gasteiger partial charge in [-0.15, -0.1) is 0 Å². The highest BCUT2D eigenvalue weighted by Crippen LogP contribution is 2.22. The highest BCUT2D eigenvalue weighted by Gasteiger charge is 2.15. The largest absolute Gasteiger partial charge is 0.322 e. The van der Waals surface area contributed by atoms with E-state index < -0.39 is 10.0 Å². The molecule has 0 radical (unpaired) electrons. The Morgan fingerprint density at radius 3 is 2.45 bits per heavy atom. The van der Waals surface area contributed by atoms with Crippen molar-refractivity contribution in [1.82, 2.24) is 4.98 Å². The van der Waals surface area contributed by atoms with Crippen molar-refractivity contribution in [1.29, 1.82) is 0 Å². The van der Waals surface area contributed by atoms with E-state index in [2.05, 4.69) is 10.3 Å². The number of nitrogens with zero attached hydrogens (tertiary/aromatic N) is 1. The predicted octanol–water partition coefficient (Wildman–Crippen LogP) is 1.29. The molecule has 1 heterocycles. The van der Waals surface area contributed by atoms with Gasteiger partial charge in [-0.2, -0.15) is 0 Å². The molecule has 6 nitrogen and oxygen atoms in total. The molecular formula is C13H13N3O3S. The normalized spacial score (nSPS) is 11.1. The number of hydrogen-bond acceptors (Lipinski definition) is 4. The molecule has 0 saturated carbocycles. The van der Waals surface area contributed by atoms with Crippen LogP contribution in [0.1, 0.15) is 15.9 Å². The van der Waals surface area contributed by atoms with Crippen molar-refractivity contribution in [3.63, 3.8) is 0 Å². The fourth-order valence-corrected chi connectivity index (χ4v) is 2.56. The average Bonchev–Trinajstić information content (AvgIpc) is 2.40. The van der Waals surface area contributed by atoms with Crippen LogP contribution in [0.5, 0.6) is 0 Å². The molecule has 20 heavy (non-hydrogen) atoms. The zero-order valence-electron chi connectivity index (χ0n) is 10.7. The molecule has 0 atom stereocenters. The minimum absolute atomic E-state index is 0.00923. The number of carbonyl (C=O) groups excluding carboxylic acids is 1. The SMILES string of the molecule is Cc1c(NC(=O)c2ccncc2)cccc1S(N)(=O)=O. The second kappa shape index (κ2) is 5.40. The van der Waals surface area contributed by atoms with Gasteiger partial charge in [0.2, 0.25) is 10.0 Å². The van der Waals surface area contributed by atoms with Crippen LogP contribution >= 0.6 is 0 Å². The van der Waals surface area contributed by atoms with Crippen molar-refractivity contribution >= 4 is 21.6 Å². The molecule has 1 amide bonds. The average molecular weight is 291 g/mol. The summed E-state index contributed by atoms with van der Waals surface area (Å²) in [5.74, 6) is -0.345. The molecule has 0 saturated heterocycles. The first-order valence-corrected chi connectivity index (χ1v) is 7.28. The molecule has 0 fully saturated rings. The second-order valence-electron chi connectivity index (χ2n) is 4.16. The molecule has 2 aromatic rings. The zero-order valence-corrected chi connectivity index (χ0v) is 11.5. The van der Waals surface area contributed by atoms with Crippen LogP contribution in [0.15, 0.2) is 47.6 Å². The summed E-state index contributed by atoms with van der Waals surface area (Å²) in [7, 11) is -3.82. The lowest BCUT2D eigenvalue weighted by molar-refractivity contribution is 0.102. The van der Waals surface area contributed by atoms with Crippen LogP contribution in [0.2, 0.25) is 0 Å². The van der Waals surface area contributed by atoms with Crippen molar-refractivity contribution < 1.29 is 13.2 Å². The Kier molecular flexibility index (Phi) is 3.82. The Labute approximate surface area is 116 Å². The molecule has 1 aromatic carbocycles. The Bertz CT molecular complexity index is 743. The lowest BCUT2D eigenvalue weighted by Crippen LogP contribution is -2.17. The maximum atomic E-state index is 12.0. The van der Waals surface area contributed by atoms with Gasteiger partial charge in [0.15, 0.2) is 0 Å². The van der Waals surface area contributed by atoms with Crippen LogP contribution in [0.4, 0.5) is 5.69 Å². The van der Waals surface area contributed by atoms with Crippen LogP contribution < -0.4 is 10.5 Å². The molecule has 0 aliphatic carbocycles. The molecule has 2 rings (SSSR count). The van der Waals surface area contributed by atoms with Crippen LogP contribution in [0.25, 0.3) is 0 Å². The first-order valence-electron chi connectivity index (χ1n) is 5.73. The Hall–Kier alpha value is -2.25. The summed E-state index contributed by atoms with van der Waals surface area (Å²) in [6.45, 7) is 1.59. The predicted molar refractivity (Wildman–Crippen MR) is 74.7 cm³/mol. The van der Waals surface area contributed by atoms with Crippen molar-refractivity contribution in [3.8, 4) is 0 Å². The summed E-state index contributed by atoms with van der Waals surface area (Å²) >= 11 is 0. The van der Waals surface area contributed by atoms with Crippen molar-refractivity contribution in [2.45, 2.75) is 11.8 Å². The van der Waals surface area contributed by atoms with Gasteiger partial charge in [0.25, 0.3) is 5.91 Å². The van der Waals surface area contributed by atoms with E-state index in [1.54, 1.807) is 25.1 Å². The van der Waals surface area contributed by atoms with Crippen molar-refractivity contribution in [2.75, 3.05) is 5.32 Å². The first-order chi connectivity index (χ1) is 9.39. The highest BCUT2D eigenvalue weighted by molar-refractivity contribution is 7.89.